The van der Waals surface area contributed by atoms with E-state index in [1.165, 1.54) is 4.90 Å². The fraction of sp³-hybridized carbons (Fsp3) is 0.462. The Morgan fingerprint density at radius 2 is 2.10 bits per heavy atom. The number of anilines is 1. The maximum atomic E-state index is 12.7. The largest absolute Gasteiger partial charge is 0.405 e. The first-order valence-electron chi connectivity index (χ1n) is 6.34. The van der Waals surface area contributed by atoms with E-state index in [1.807, 2.05) is 0 Å². The van der Waals surface area contributed by atoms with E-state index in [1.54, 1.807) is 35.7 Å². The van der Waals surface area contributed by atoms with Gasteiger partial charge in [0.1, 0.15) is 12.2 Å². The molecule has 2 aromatic heterocycles. The number of pyridine rings is 1. The summed E-state index contributed by atoms with van der Waals surface area (Å²) in [6.07, 6.45) is -2.07. The lowest BCUT2D eigenvalue weighted by molar-refractivity contribution is -0.119. The van der Waals surface area contributed by atoms with Gasteiger partial charge in [0.15, 0.2) is 5.82 Å². The Morgan fingerprint density at radius 1 is 1.35 bits per heavy atom. The number of aliphatic hydroxyl groups excluding tert-OH is 1. The van der Waals surface area contributed by atoms with Crippen molar-refractivity contribution in [3.8, 4) is 0 Å². The van der Waals surface area contributed by atoms with Gasteiger partial charge in [-0.1, -0.05) is 13.0 Å². The number of alkyl halides is 3. The minimum absolute atomic E-state index is 0.192. The third-order valence-electron chi connectivity index (χ3n) is 2.92. The van der Waals surface area contributed by atoms with Gasteiger partial charge in [0.25, 0.3) is 0 Å². The predicted molar refractivity (Wildman–Crippen MR) is 69.7 cm³/mol. The highest BCUT2D eigenvalue weighted by atomic mass is 19.4. The summed E-state index contributed by atoms with van der Waals surface area (Å²) < 4.78 is 39.6. The van der Waals surface area contributed by atoms with E-state index < -0.39 is 12.7 Å². The van der Waals surface area contributed by atoms with Gasteiger partial charge >= 0.3 is 6.18 Å². The van der Waals surface area contributed by atoms with Crippen LogP contribution in [-0.4, -0.2) is 33.8 Å². The first-order chi connectivity index (χ1) is 9.46. The van der Waals surface area contributed by atoms with E-state index in [0.717, 1.165) is 0 Å². The van der Waals surface area contributed by atoms with Crippen molar-refractivity contribution < 1.29 is 18.3 Å². The number of nitrogens with zero attached hydrogens (tertiary/aromatic N) is 3. The van der Waals surface area contributed by atoms with Crippen LogP contribution in [0.25, 0.3) is 5.65 Å². The van der Waals surface area contributed by atoms with Gasteiger partial charge in [-0.05, 0) is 18.6 Å². The van der Waals surface area contributed by atoms with Crippen LogP contribution in [-0.2, 0) is 6.61 Å². The van der Waals surface area contributed by atoms with Gasteiger partial charge in [-0.3, -0.25) is 4.40 Å². The van der Waals surface area contributed by atoms with Gasteiger partial charge < -0.3 is 10.0 Å². The fourth-order valence-electron chi connectivity index (χ4n) is 2.18. The highest BCUT2D eigenvalue weighted by Gasteiger charge is 2.32. The second kappa shape index (κ2) is 5.70. The third-order valence-corrected chi connectivity index (χ3v) is 2.92. The number of aliphatic hydroxyl groups is 1. The predicted octanol–water partition coefficient (Wildman–Crippen LogP) is 2.61. The van der Waals surface area contributed by atoms with Crippen LogP contribution < -0.4 is 4.90 Å². The maximum Gasteiger partial charge on any atom is 0.405 e. The summed E-state index contributed by atoms with van der Waals surface area (Å²) in [4.78, 5) is 5.38. The number of halogens is 3. The highest BCUT2D eigenvalue weighted by Crippen LogP contribution is 2.26. The lowest BCUT2D eigenvalue weighted by atomic mass is 10.3. The Balaban J connectivity index is 2.46. The van der Waals surface area contributed by atoms with E-state index in [9.17, 15) is 18.3 Å². The number of fused-ring (bicyclic) bond motifs is 1. The molecule has 4 nitrogen and oxygen atoms in total. The lowest BCUT2D eigenvalue weighted by Crippen LogP contribution is -2.35. The average Bonchev–Trinajstić information content (AvgIpc) is 2.75. The SMILES string of the molecule is CCCN(CC(F)(F)F)c1nc2ccccn2c1CO. The number of hydrogen-bond acceptors (Lipinski definition) is 3. The smallest absolute Gasteiger partial charge is 0.390 e. The molecular formula is C13H16F3N3O. The molecule has 20 heavy (non-hydrogen) atoms. The molecule has 2 rings (SSSR count). The van der Waals surface area contributed by atoms with E-state index in [2.05, 4.69) is 4.98 Å². The summed E-state index contributed by atoms with van der Waals surface area (Å²) >= 11 is 0. The molecular weight excluding hydrogens is 271 g/mol. The van der Waals surface area contributed by atoms with E-state index in [0.29, 0.717) is 17.8 Å². The summed E-state index contributed by atoms with van der Waals surface area (Å²) in [5.74, 6) is 0.192. The first-order valence-corrected chi connectivity index (χ1v) is 6.34. The van der Waals surface area contributed by atoms with Crippen LogP contribution in [0.5, 0.6) is 0 Å². The molecule has 7 heteroatoms. The molecule has 0 amide bonds. The van der Waals surface area contributed by atoms with Crippen molar-refractivity contribution in [2.24, 2.45) is 0 Å². The molecule has 0 aliphatic heterocycles. The monoisotopic (exact) mass is 287 g/mol. The summed E-state index contributed by atoms with van der Waals surface area (Å²) in [6.45, 7) is 0.602. The summed E-state index contributed by atoms with van der Waals surface area (Å²) in [6, 6.07) is 5.19. The minimum atomic E-state index is -4.31. The molecule has 0 radical (unpaired) electrons. The van der Waals surface area contributed by atoms with Crippen LogP contribution in [0.4, 0.5) is 19.0 Å². The van der Waals surface area contributed by atoms with Crippen molar-refractivity contribution in [1.29, 1.82) is 0 Å². The van der Waals surface area contributed by atoms with Crippen LogP contribution in [0.2, 0.25) is 0 Å². The van der Waals surface area contributed by atoms with Gasteiger partial charge in [-0.2, -0.15) is 13.2 Å². The highest BCUT2D eigenvalue weighted by molar-refractivity contribution is 5.55. The maximum absolute atomic E-state index is 12.7. The topological polar surface area (TPSA) is 40.8 Å². The number of aromatic nitrogens is 2. The minimum Gasteiger partial charge on any atom is -0.390 e. The number of hydrogen-bond donors (Lipinski definition) is 1. The van der Waals surface area contributed by atoms with Crippen molar-refractivity contribution in [2.45, 2.75) is 26.1 Å². The van der Waals surface area contributed by atoms with Crippen LogP contribution in [0.3, 0.4) is 0 Å². The summed E-state index contributed by atoms with van der Waals surface area (Å²) in [5, 5.41) is 9.45. The Morgan fingerprint density at radius 3 is 2.70 bits per heavy atom. The second-order valence-corrected chi connectivity index (χ2v) is 4.51. The Bertz CT molecular complexity index is 580. The molecule has 2 heterocycles. The molecule has 0 saturated heterocycles. The Labute approximate surface area is 114 Å². The number of rotatable bonds is 5. The molecule has 0 unspecified atom stereocenters. The molecule has 0 atom stereocenters. The van der Waals surface area contributed by atoms with Crippen LogP contribution in [0, 0.1) is 0 Å². The third kappa shape index (κ3) is 3.04. The van der Waals surface area contributed by atoms with Gasteiger partial charge in [0.2, 0.25) is 0 Å². The van der Waals surface area contributed by atoms with Gasteiger partial charge in [-0.15, -0.1) is 0 Å². The zero-order valence-electron chi connectivity index (χ0n) is 11.1. The normalized spacial score (nSPS) is 12.1. The van der Waals surface area contributed by atoms with Crippen molar-refractivity contribution in [3.63, 3.8) is 0 Å². The quantitative estimate of drug-likeness (QED) is 0.919. The van der Waals surface area contributed by atoms with E-state index in [-0.39, 0.29) is 19.0 Å². The van der Waals surface area contributed by atoms with Crippen molar-refractivity contribution in [1.82, 2.24) is 9.38 Å². The molecule has 1 N–H and O–H groups in total. The van der Waals surface area contributed by atoms with Crippen molar-refractivity contribution in [3.05, 3.63) is 30.1 Å². The second-order valence-electron chi connectivity index (χ2n) is 4.51. The van der Waals surface area contributed by atoms with Crippen molar-refractivity contribution >= 4 is 11.5 Å². The molecule has 0 aliphatic carbocycles. The Kier molecular flexibility index (Phi) is 4.17. The molecule has 0 bridgehead atoms. The molecule has 0 spiro atoms. The van der Waals surface area contributed by atoms with Crippen LogP contribution >= 0.6 is 0 Å². The van der Waals surface area contributed by atoms with Crippen LogP contribution in [0.15, 0.2) is 24.4 Å². The molecule has 0 fully saturated rings. The van der Waals surface area contributed by atoms with Gasteiger partial charge in [0.05, 0.1) is 12.3 Å². The van der Waals surface area contributed by atoms with E-state index >= 15 is 0 Å². The molecule has 2 aromatic rings. The van der Waals surface area contributed by atoms with Gasteiger partial charge in [-0.25, -0.2) is 4.98 Å². The fourth-order valence-corrected chi connectivity index (χ4v) is 2.18. The van der Waals surface area contributed by atoms with E-state index in [4.69, 9.17) is 0 Å². The first kappa shape index (κ1) is 14.6. The number of imidazole rings is 1. The standard InChI is InChI=1S/C13H16F3N3O/c1-2-6-18(9-13(14,15)16)12-10(8-20)19-7-4-3-5-11(19)17-12/h3-5,7,20H,2,6,8-9H2,1H3. The summed E-state index contributed by atoms with van der Waals surface area (Å²) in [5.41, 5.74) is 0.896. The van der Waals surface area contributed by atoms with Gasteiger partial charge in [0, 0.05) is 12.7 Å². The molecule has 0 saturated carbocycles. The molecule has 0 aromatic carbocycles. The zero-order chi connectivity index (χ0) is 14.8. The lowest BCUT2D eigenvalue weighted by Gasteiger charge is -2.24. The Hall–Kier alpha value is -1.76. The zero-order valence-corrected chi connectivity index (χ0v) is 11.1. The summed E-state index contributed by atoms with van der Waals surface area (Å²) in [7, 11) is 0. The molecule has 110 valence electrons. The molecule has 0 aliphatic rings. The van der Waals surface area contributed by atoms with Crippen molar-refractivity contribution in [2.75, 3.05) is 18.0 Å². The van der Waals surface area contributed by atoms with Crippen LogP contribution in [0.1, 0.15) is 19.0 Å². The average molecular weight is 287 g/mol.